The Labute approximate surface area is 104 Å². The van der Waals surface area contributed by atoms with Gasteiger partial charge in [0.2, 0.25) is 5.95 Å². The lowest BCUT2D eigenvalue weighted by atomic mass is 9.87. The molecular weight excluding hydrogens is 236 g/mol. The lowest BCUT2D eigenvalue weighted by Gasteiger charge is -2.26. The molecule has 1 aromatic heterocycles. The van der Waals surface area contributed by atoms with E-state index >= 15 is 0 Å². The molecule has 7 heteroatoms. The Morgan fingerprint density at radius 3 is 2.50 bits per heavy atom. The SMILES string of the molecule is O=[N+]([O-])c1cnc(NCC2(CO)CCCC2)nc1. The third-order valence-electron chi connectivity index (χ3n) is 3.47. The lowest BCUT2D eigenvalue weighted by Crippen LogP contribution is -2.31. The van der Waals surface area contributed by atoms with Crippen LogP contribution >= 0.6 is 0 Å². The van der Waals surface area contributed by atoms with Crippen molar-refractivity contribution in [3.8, 4) is 0 Å². The number of hydrogen-bond donors (Lipinski definition) is 2. The molecule has 1 fully saturated rings. The highest BCUT2D eigenvalue weighted by Gasteiger charge is 2.33. The van der Waals surface area contributed by atoms with Crippen molar-refractivity contribution >= 4 is 11.6 Å². The average molecular weight is 252 g/mol. The maximum Gasteiger partial charge on any atom is 0.305 e. The minimum atomic E-state index is -0.532. The molecule has 7 nitrogen and oxygen atoms in total. The Balaban J connectivity index is 1.95. The van der Waals surface area contributed by atoms with E-state index in [1.54, 1.807) is 0 Å². The van der Waals surface area contributed by atoms with Gasteiger partial charge in [0.05, 0.1) is 11.5 Å². The van der Waals surface area contributed by atoms with E-state index in [-0.39, 0.29) is 17.7 Å². The van der Waals surface area contributed by atoms with E-state index in [1.807, 2.05) is 0 Å². The summed E-state index contributed by atoms with van der Waals surface area (Å²) < 4.78 is 0. The Kier molecular flexibility index (Phi) is 3.71. The van der Waals surface area contributed by atoms with Gasteiger partial charge in [-0.1, -0.05) is 12.8 Å². The number of nitro groups is 1. The second-order valence-corrected chi connectivity index (χ2v) is 4.74. The van der Waals surface area contributed by atoms with Crippen molar-refractivity contribution in [1.82, 2.24) is 9.97 Å². The molecule has 0 aliphatic heterocycles. The molecule has 2 N–H and O–H groups in total. The number of aliphatic hydroxyl groups is 1. The number of nitrogens with one attached hydrogen (secondary N) is 1. The summed E-state index contributed by atoms with van der Waals surface area (Å²) in [6, 6.07) is 0. The molecule has 1 heterocycles. The standard InChI is InChI=1S/C11H16N4O3/c16-8-11(3-1-2-4-11)7-14-10-12-5-9(6-13-10)15(17)18/h5-6,16H,1-4,7-8H2,(H,12,13,14). The molecule has 0 spiro atoms. The highest BCUT2D eigenvalue weighted by Crippen LogP contribution is 2.37. The van der Waals surface area contributed by atoms with E-state index in [0.29, 0.717) is 12.5 Å². The zero-order chi connectivity index (χ0) is 13.0. The highest BCUT2D eigenvalue weighted by atomic mass is 16.6. The first-order valence-electron chi connectivity index (χ1n) is 5.96. The first-order chi connectivity index (χ1) is 8.65. The molecule has 1 aliphatic carbocycles. The van der Waals surface area contributed by atoms with E-state index in [9.17, 15) is 15.2 Å². The molecule has 2 rings (SSSR count). The van der Waals surface area contributed by atoms with Gasteiger partial charge in [-0.05, 0) is 12.8 Å². The van der Waals surface area contributed by atoms with Gasteiger partial charge >= 0.3 is 5.69 Å². The Morgan fingerprint density at radius 2 is 2.00 bits per heavy atom. The van der Waals surface area contributed by atoms with Crippen molar-refractivity contribution in [1.29, 1.82) is 0 Å². The maximum atomic E-state index is 10.4. The van der Waals surface area contributed by atoms with E-state index < -0.39 is 4.92 Å². The van der Waals surface area contributed by atoms with Gasteiger partial charge in [0.25, 0.3) is 0 Å². The van der Waals surface area contributed by atoms with Crippen LogP contribution in [0.4, 0.5) is 11.6 Å². The molecule has 0 aromatic carbocycles. The normalized spacial score (nSPS) is 17.6. The Bertz CT molecular complexity index is 415. The summed E-state index contributed by atoms with van der Waals surface area (Å²) in [5.74, 6) is 0.361. The maximum absolute atomic E-state index is 10.4. The molecule has 0 atom stereocenters. The predicted molar refractivity (Wildman–Crippen MR) is 65.2 cm³/mol. The van der Waals surface area contributed by atoms with Crippen molar-refractivity contribution < 1.29 is 10.0 Å². The van der Waals surface area contributed by atoms with Crippen LogP contribution in [0.15, 0.2) is 12.4 Å². The summed E-state index contributed by atoms with van der Waals surface area (Å²) in [5, 5.41) is 22.9. The van der Waals surface area contributed by atoms with E-state index in [0.717, 1.165) is 25.7 Å². The molecular formula is C11H16N4O3. The van der Waals surface area contributed by atoms with Crippen LogP contribution in [-0.2, 0) is 0 Å². The van der Waals surface area contributed by atoms with Crippen molar-refractivity contribution in [3.63, 3.8) is 0 Å². The summed E-state index contributed by atoms with van der Waals surface area (Å²) in [4.78, 5) is 17.7. The smallest absolute Gasteiger partial charge is 0.305 e. The zero-order valence-corrected chi connectivity index (χ0v) is 10.0. The Morgan fingerprint density at radius 1 is 1.39 bits per heavy atom. The summed E-state index contributed by atoms with van der Waals surface area (Å²) in [6.07, 6.45) is 6.59. The molecule has 18 heavy (non-hydrogen) atoms. The summed E-state index contributed by atoms with van der Waals surface area (Å²) in [5.41, 5.74) is -0.219. The van der Waals surface area contributed by atoms with Crippen molar-refractivity contribution in [2.75, 3.05) is 18.5 Å². The molecule has 0 bridgehead atoms. The number of hydrogen-bond acceptors (Lipinski definition) is 6. The van der Waals surface area contributed by atoms with Gasteiger partial charge in [-0.2, -0.15) is 0 Å². The van der Waals surface area contributed by atoms with Crippen LogP contribution in [0.2, 0.25) is 0 Å². The average Bonchev–Trinajstić information content (AvgIpc) is 2.86. The van der Waals surface area contributed by atoms with Gasteiger partial charge < -0.3 is 10.4 Å². The van der Waals surface area contributed by atoms with Crippen LogP contribution in [0, 0.1) is 15.5 Å². The third kappa shape index (κ3) is 2.73. The van der Waals surface area contributed by atoms with Gasteiger partial charge in [-0.25, -0.2) is 9.97 Å². The van der Waals surface area contributed by atoms with Crippen LogP contribution in [-0.4, -0.2) is 33.1 Å². The van der Waals surface area contributed by atoms with Crippen molar-refractivity contribution in [2.45, 2.75) is 25.7 Å². The zero-order valence-electron chi connectivity index (χ0n) is 10.0. The molecule has 1 aromatic rings. The minimum Gasteiger partial charge on any atom is -0.396 e. The second-order valence-electron chi connectivity index (χ2n) is 4.74. The minimum absolute atomic E-state index is 0.0921. The Hall–Kier alpha value is -1.76. The van der Waals surface area contributed by atoms with Crippen LogP contribution in [0.3, 0.4) is 0 Å². The van der Waals surface area contributed by atoms with Crippen molar-refractivity contribution in [2.24, 2.45) is 5.41 Å². The fourth-order valence-electron chi connectivity index (χ4n) is 2.29. The van der Waals surface area contributed by atoms with Crippen LogP contribution in [0.5, 0.6) is 0 Å². The summed E-state index contributed by atoms with van der Waals surface area (Å²) >= 11 is 0. The van der Waals surface area contributed by atoms with Gasteiger partial charge in [-0.15, -0.1) is 0 Å². The lowest BCUT2D eigenvalue weighted by molar-refractivity contribution is -0.385. The molecule has 0 saturated heterocycles. The fraction of sp³-hybridized carbons (Fsp3) is 0.636. The third-order valence-corrected chi connectivity index (χ3v) is 3.47. The summed E-state index contributed by atoms with van der Waals surface area (Å²) in [7, 11) is 0. The molecule has 1 aliphatic rings. The van der Waals surface area contributed by atoms with Crippen LogP contribution in [0.25, 0.3) is 0 Å². The van der Waals surface area contributed by atoms with Gasteiger partial charge in [0.1, 0.15) is 12.4 Å². The predicted octanol–water partition coefficient (Wildman–Crippen LogP) is 1.35. The van der Waals surface area contributed by atoms with E-state index in [4.69, 9.17) is 0 Å². The first kappa shape index (κ1) is 12.7. The number of nitrogens with zero attached hydrogens (tertiary/aromatic N) is 3. The van der Waals surface area contributed by atoms with Gasteiger partial charge in [-0.3, -0.25) is 10.1 Å². The molecule has 0 amide bonds. The topological polar surface area (TPSA) is 101 Å². The first-order valence-corrected chi connectivity index (χ1v) is 5.96. The summed E-state index contributed by atoms with van der Waals surface area (Å²) in [6.45, 7) is 0.744. The van der Waals surface area contributed by atoms with E-state index in [1.165, 1.54) is 12.4 Å². The van der Waals surface area contributed by atoms with Crippen molar-refractivity contribution in [3.05, 3.63) is 22.5 Å². The fourth-order valence-corrected chi connectivity index (χ4v) is 2.29. The van der Waals surface area contributed by atoms with Gasteiger partial charge in [0, 0.05) is 12.0 Å². The largest absolute Gasteiger partial charge is 0.396 e. The second kappa shape index (κ2) is 5.26. The number of anilines is 1. The number of aliphatic hydroxyl groups excluding tert-OH is 1. The molecule has 0 unspecified atom stereocenters. The van der Waals surface area contributed by atoms with Crippen LogP contribution in [0.1, 0.15) is 25.7 Å². The van der Waals surface area contributed by atoms with Crippen LogP contribution < -0.4 is 5.32 Å². The number of aromatic nitrogens is 2. The highest BCUT2D eigenvalue weighted by molar-refractivity contribution is 5.30. The molecule has 1 saturated carbocycles. The molecule has 98 valence electrons. The van der Waals surface area contributed by atoms with E-state index in [2.05, 4.69) is 15.3 Å². The number of rotatable bonds is 5. The molecule has 0 radical (unpaired) electrons. The quantitative estimate of drug-likeness (QED) is 0.606. The van der Waals surface area contributed by atoms with Gasteiger partial charge in [0.15, 0.2) is 0 Å². The monoisotopic (exact) mass is 252 g/mol.